The predicted molar refractivity (Wildman–Crippen MR) is 82.5 cm³/mol. The first kappa shape index (κ1) is 13.6. The van der Waals surface area contributed by atoms with E-state index in [9.17, 15) is 0 Å². The van der Waals surface area contributed by atoms with E-state index in [2.05, 4.69) is 28.2 Å². The van der Waals surface area contributed by atoms with Crippen molar-refractivity contribution in [1.82, 2.24) is 4.90 Å². The van der Waals surface area contributed by atoms with Crippen LogP contribution >= 0.6 is 11.8 Å². The van der Waals surface area contributed by atoms with E-state index in [-0.39, 0.29) is 0 Å². The van der Waals surface area contributed by atoms with E-state index in [0.717, 1.165) is 18.8 Å². The summed E-state index contributed by atoms with van der Waals surface area (Å²) < 4.78 is 0. The lowest BCUT2D eigenvalue weighted by Gasteiger charge is -2.36. The molecule has 4 heteroatoms. The van der Waals surface area contributed by atoms with Crippen molar-refractivity contribution >= 4 is 23.1 Å². The number of rotatable bonds is 5. The SMILES string of the molecule is CSCCCN1CCN(c2cccc(N)c2)CC1. The van der Waals surface area contributed by atoms with E-state index < -0.39 is 0 Å². The second kappa shape index (κ2) is 6.90. The van der Waals surface area contributed by atoms with Crippen LogP contribution in [0.15, 0.2) is 24.3 Å². The van der Waals surface area contributed by atoms with Gasteiger partial charge in [-0.2, -0.15) is 11.8 Å². The molecule has 0 bridgehead atoms. The topological polar surface area (TPSA) is 32.5 Å². The molecule has 0 aliphatic carbocycles. The number of nitrogens with two attached hydrogens (primary N) is 1. The molecular weight excluding hydrogens is 242 g/mol. The fourth-order valence-corrected chi connectivity index (χ4v) is 2.80. The maximum absolute atomic E-state index is 5.83. The van der Waals surface area contributed by atoms with Gasteiger partial charge in [0.25, 0.3) is 0 Å². The van der Waals surface area contributed by atoms with E-state index in [1.807, 2.05) is 23.9 Å². The van der Waals surface area contributed by atoms with Gasteiger partial charge in [0.15, 0.2) is 0 Å². The molecule has 1 heterocycles. The third-order valence-corrected chi connectivity index (χ3v) is 4.13. The van der Waals surface area contributed by atoms with Crippen LogP contribution in [0.3, 0.4) is 0 Å². The lowest BCUT2D eigenvalue weighted by Crippen LogP contribution is -2.46. The fourth-order valence-electron chi connectivity index (χ4n) is 2.38. The zero-order chi connectivity index (χ0) is 12.8. The highest BCUT2D eigenvalue weighted by atomic mass is 32.2. The first-order valence-corrected chi connectivity index (χ1v) is 8.01. The number of anilines is 2. The summed E-state index contributed by atoms with van der Waals surface area (Å²) >= 11 is 1.94. The van der Waals surface area contributed by atoms with Crippen LogP contribution in [-0.4, -0.2) is 49.6 Å². The molecule has 0 atom stereocenters. The zero-order valence-electron chi connectivity index (χ0n) is 11.1. The lowest BCUT2D eigenvalue weighted by molar-refractivity contribution is 0.259. The molecular formula is C14H23N3S. The van der Waals surface area contributed by atoms with E-state index >= 15 is 0 Å². The number of thioether (sulfide) groups is 1. The standard InChI is InChI=1S/C14H23N3S/c1-18-11-3-6-16-7-9-17(10-8-16)14-5-2-4-13(15)12-14/h2,4-5,12H,3,6-11,15H2,1H3. The van der Waals surface area contributed by atoms with Gasteiger partial charge in [0, 0.05) is 37.6 Å². The van der Waals surface area contributed by atoms with Gasteiger partial charge in [0.05, 0.1) is 0 Å². The molecule has 18 heavy (non-hydrogen) atoms. The maximum atomic E-state index is 5.83. The molecule has 3 nitrogen and oxygen atoms in total. The molecule has 1 aliphatic heterocycles. The van der Waals surface area contributed by atoms with Crippen molar-refractivity contribution in [3.05, 3.63) is 24.3 Å². The van der Waals surface area contributed by atoms with Crippen molar-refractivity contribution in [3.63, 3.8) is 0 Å². The van der Waals surface area contributed by atoms with Crippen LogP contribution in [0.5, 0.6) is 0 Å². The molecule has 0 radical (unpaired) electrons. The fraction of sp³-hybridized carbons (Fsp3) is 0.571. The molecule has 0 saturated carbocycles. The Morgan fingerprint density at radius 2 is 2.00 bits per heavy atom. The molecule has 1 fully saturated rings. The lowest BCUT2D eigenvalue weighted by atomic mass is 10.2. The van der Waals surface area contributed by atoms with Gasteiger partial charge in [0.2, 0.25) is 0 Å². The monoisotopic (exact) mass is 265 g/mol. The van der Waals surface area contributed by atoms with E-state index in [1.54, 1.807) is 0 Å². The van der Waals surface area contributed by atoms with Crippen LogP contribution in [-0.2, 0) is 0 Å². The largest absolute Gasteiger partial charge is 0.399 e. The average Bonchev–Trinajstić information content (AvgIpc) is 2.40. The number of piperazine rings is 1. The van der Waals surface area contributed by atoms with E-state index in [1.165, 1.54) is 37.5 Å². The summed E-state index contributed by atoms with van der Waals surface area (Å²) in [5.74, 6) is 1.27. The van der Waals surface area contributed by atoms with E-state index in [4.69, 9.17) is 5.73 Å². The molecule has 100 valence electrons. The minimum Gasteiger partial charge on any atom is -0.399 e. The number of hydrogen-bond acceptors (Lipinski definition) is 4. The third-order valence-electron chi connectivity index (χ3n) is 3.43. The molecule has 0 aromatic heterocycles. The number of nitrogens with zero attached hydrogens (tertiary/aromatic N) is 2. The van der Waals surface area contributed by atoms with Crippen molar-refractivity contribution < 1.29 is 0 Å². The second-order valence-corrected chi connectivity index (χ2v) is 5.76. The quantitative estimate of drug-likeness (QED) is 0.653. The normalized spacial score (nSPS) is 17.1. The minimum absolute atomic E-state index is 0.856. The van der Waals surface area contributed by atoms with Crippen molar-refractivity contribution in [2.45, 2.75) is 6.42 Å². The molecule has 1 aromatic rings. The van der Waals surface area contributed by atoms with Crippen LogP contribution in [0.1, 0.15) is 6.42 Å². The van der Waals surface area contributed by atoms with Gasteiger partial charge in [0.1, 0.15) is 0 Å². The van der Waals surface area contributed by atoms with Gasteiger partial charge in [-0.3, -0.25) is 4.90 Å². The number of nitrogen functional groups attached to an aromatic ring is 1. The Morgan fingerprint density at radius 3 is 2.67 bits per heavy atom. The van der Waals surface area contributed by atoms with Crippen molar-refractivity contribution in [2.24, 2.45) is 0 Å². The Hall–Kier alpha value is -0.870. The highest BCUT2D eigenvalue weighted by Crippen LogP contribution is 2.19. The molecule has 1 aliphatic rings. The number of hydrogen-bond donors (Lipinski definition) is 1. The van der Waals surface area contributed by atoms with Crippen molar-refractivity contribution in [3.8, 4) is 0 Å². The highest BCUT2D eigenvalue weighted by molar-refractivity contribution is 7.98. The summed E-state index contributed by atoms with van der Waals surface area (Å²) in [6.45, 7) is 5.81. The van der Waals surface area contributed by atoms with Gasteiger partial charge in [-0.25, -0.2) is 0 Å². The van der Waals surface area contributed by atoms with Crippen molar-refractivity contribution in [1.29, 1.82) is 0 Å². The molecule has 1 aromatic carbocycles. The first-order valence-electron chi connectivity index (χ1n) is 6.61. The zero-order valence-corrected chi connectivity index (χ0v) is 12.0. The van der Waals surface area contributed by atoms with Gasteiger partial charge in [-0.05, 0) is 43.2 Å². The summed E-state index contributed by atoms with van der Waals surface area (Å²) in [4.78, 5) is 5.00. The van der Waals surface area contributed by atoms with Crippen LogP contribution in [0.4, 0.5) is 11.4 Å². The predicted octanol–water partition coefficient (Wildman–Crippen LogP) is 2.14. The Kier molecular flexibility index (Phi) is 5.20. The van der Waals surface area contributed by atoms with Gasteiger partial charge < -0.3 is 10.6 Å². The van der Waals surface area contributed by atoms with Crippen LogP contribution in [0, 0.1) is 0 Å². The molecule has 0 amide bonds. The average molecular weight is 265 g/mol. The van der Waals surface area contributed by atoms with Crippen molar-refractivity contribution in [2.75, 3.05) is 55.4 Å². The molecule has 2 rings (SSSR count). The van der Waals surface area contributed by atoms with Gasteiger partial charge in [-0.15, -0.1) is 0 Å². The Morgan fingerprint density at radius 1 is 1.22 bits per heavy atom. The smallest absolute Gasteiger partial charge is 0.0387 e. The number of benzene rings is 1. The Bertz CT molecular complexity index is 362. The minimum atomic E-state index is 0.856. The van der Waals surface area contributed by atoms with Gasteiger partial charge in [-0.1, -0.05) is 6.07 Å². The summed E-state index contributed by atoms with van der Waals surface area (Å²) in [7, 11) is 0. The molecule has 1 saturated heterocycles. The summed E-state index contributed by atoms with van der Waals surface area (Å²) in [6.07, 6.45) is 3.48. The maximum Gasteiger partial charge on any atom is 0.0387 e. The molecule has 2 N–H and O–H groups in total. The van der Waals surface area contributed by atoms with Crippen LogP contribution < -0.4 is 10.6 Å². The molecule has 0 spiro atoms. The second-order valence-electron chi connectivity index (χ2n) is 4.77. The Balaban J connectivity index is 1.79. The van der Waals surface area contributed by atoms with Crippen LogP contribution in [0.2, 0.25) is 0 Å². The van der Waals surface area contributed by atoms with E-state index in [0.29, 0.717) is 0 Å². The first-order chi connectivity index (χ1) is 8.79. The highest BCUT2D eigenvalue weighted by Gasteiger charge is 2.16. The summed E-state index contributed by atoms with van der Waals surface area (Å²) in [5, 5.41) is 0. The Labute approximate surface area is 114 Å². The van der Waals surface area contributed by atoms with Gasteiger partial charge >= 0.3 is 0 Å². The molecule has 0 unspecified atom stereocenters. The van der Waals surface area contributed by atoms with Crippen LogP contribution in [0.25, 0.3) is 0 Å². The summed E-state index contributed by atoms with van der Waals surface area (Å²) in [5.41, 5.74) is 7.95. The summed E-state index contributed by atoms with van der Waals surface area (Å²) in [6, 6.07) is 8.21. The third kappa shape index (κ3) is 3.82.